The fourth-order valence-corrected chi connectivity index (χ4v) is 6.12. The van der Waals surface area contributed by atoms with Gasteiger partial charge >= 0.3 is 0 Å². The first-order chi connectivity index (χ1) is 17.8. The third kappa shape index (κ3) is 9.17. The Bertz CT molecular complexity index is 1110. The minimum atomic E-state index is -3.30. The largest absolute Gasteiger partial charge is 0.457 e. The van der Waals surface area contributed by atoms with Gasteiger partial charge in [-0.3, -0.25) is 14.4 Å². The summed E-state index contributed by atoms with van der Waals surface area (Å²) in [6, 6.07) is 15.3. The molecule has 2 aromatic carbocycles. The van der Waals surface area contributed by atoms with Crippen LogP contribution in [0, 0.1) is 5.92 Å². The van der Waals surface area contributed by atoms with Crippen LogP contribution < -0.4 is 9.46 Å². The zero-order valence-corrected chi connectivity index (χ0v) is 24.2. The molecule has 0 aromatic heterocycles. The third-order valence-electron chi connectivity index (χ3n) is 7.52. The molecule has 0 bridgehead atoms. The number of nitrogens with zero attached hydrogens (tertiary/aromatic N) is 2. The van der Waals surface area contributed by atoms with Gasteiger partial charge in [-0.25, -0.2) is 8.42 Å². The Morgan fingerprint density at radius 2 is 1.53 bits per heavy atom. The van der Waals surface area contributed by atoms with Gasteiger partial charge in [0.15, 0.2) is 0 Å². The maximum atomic E-state index is 12.8. The molecule has 2 fully saturated rings. The lowest BCUT2D eigenvalue weighted by Crippen LogP contribution is -2.48. The summed E-state index contributed by atoms with van der Waals surface area (Å²) in [4.78, 5) is 17.5. The van der Waals surface area contributed by atoms with Crippen molar-refractivity contribution in [3.63, 3.8) is 0 Å². The number of halogens is 1. The number of amides is 1. The lowest BCUT2D eigenvalue weighted by molar-refractivity contribution is -0.135. The minimum absolute atomic E-state index is 0. The van der Waals surface area contributed by atoms with E-state index in [1.807, 2.05) is 19.1 Å². The average molecular weight is 564 g/mol. The molecule has 1 aliphatic carbocycles. The second-order valence-electron chi connectivity index (χ2n) is 10.6. The molecule has 4 rings (SSSR count). The number of piperidine rings is 1. The van der Waals surface area contributed by atoms with E-state index in [1.165, 1.54) is 37.7 Å². The first-order valence-electron chi connectivity index (χ1n) is 13.7. The maximum absolute atomic E-state index is 12.8. The van der Waals surface area contributed by atoms with Gasteiger partial charge in [0.25, 0.3) is 0 Å². The van der Waals surface area contributed by atoms with Crippen molar-refractivity contribution in [3.8, 4) is 11.5 Å². The number of nitrogens with one attached hydrogen (secondary N) is 1. The summed E-state index contributed by atoms with van der Waals surface area (Å²) >= 11 is 0. The highest BCUT2D eigenvalue weighted by Gasteiger charge is 2.29. The number of carbonyl (C=O) groups excluding carboxylic acids is 1. The fourth-order valence-electron chi connectivity index (χ4n) is 5.56. The normalized spacial score (nSPS) is 17.4. The van der Waals surface area contributed by atoms with Crippen LogP contribution >= 0.6 is 12.4 Å². The Labute approximate surface area is 234 Å². The van der Waals surface area contributed by atoms with Gasteiger partial charge in [-0.05, 0) is 73.6 Å². The number of hydrogen-bond donors (Lipinski definition) is 1. The summed E-state index contributed by atoms with van der Waals surface area (Å²) in [7, 11) is -3.30. The van der Waals surface area contributed by atoms with E-state index >= 15 is 0 Å². The van der Waals surface area contributed by atoms with E-state index in [-0.39, 0.29) is 12.4 Å². The number of hydrogen-bond acceptors (Lipinski definition) is 5. The van der Waals surface area contributed by atoms with E-state index in [2.05, 4.69) is 26.7 Å². The van der Waals surface area contributed by atoms with Crippen LogP contribution in [-0.4, -0.2) is 56.1 Å². The van der Waals surface area contributed by atoms with Gasteiger partial charge in [0.05, 0.1) is 6.26 Å². The van der Waals surface area contributed by atoms with Gasteiger partial charge in [-0.1, -0.05) is 38.3 Å². The van der Waals surface area contributed by atoms with E-state index in [9.17, 15) is 13.2 Å². The average Bonchev–Trinajstić information content (AvgIpc) is 2.89. The molecule has 210 valence electrons. The Balaban J connectivity index is 0.00000400. The second kappa shape index (κ2) is 14.2. The van der Waals surface area contributed by atoms with Gasteiger partial charge in [0.1, 0.15) is 11.5 Å². The predicted molar refractivity (Wildman–Crippen MR) is 156 cm³/mol. The van der Waals surface area contributed by atoms with Crippen LogP contribution in [-0.2, 0) is 21.4 Å². The molecule has 1 aliphatic heterocycles. The molecule has 0 unspecified atom stereocenters. The molecule has 1 amide bonds. The molecule has 2 aliphatic rings. The van der Waals surface area contributed by atoms with Crippen LogP contribution in [0.15, 0.2) is 48.5 Å². The topological polar surface area (TPSA) is 79.0 Å². The first kappa shape index (κ1) is 30.3. The van der Waals surface area contributed by atoms with E-state index in [4.69, 9.17) is 4.74 Å². The van der Waals surface area contributed by atoms with Crippen LogP contribution in [0.1, 0.15) is 63.9 Å². The molecule has 7 nitrogen and oxygen atoms in total. The number of sulfonamides is 1. The van der Waals surface area contributed by atoms with Gasteiger partial charge in [0.2, 0.25) is 15.9 Å². The van der Waals surface area contributed by atoms with Crippen LogP contribution in [0.25, 0.3) is 0 Å². The van der Waals surface area contributed by atoms with Crippen molar-refractivity contribution >= 4 is 34.0 Å². The van der Waals surface area contributed by atoms with Crippen LogP contribution in [0.3, 0.4) is 0 Å². The maximum Gasteiger partial charge on any atom is 0.229 e. The highest BCUT2D eigenvalue weighted by atomic mass is 35.5. The zero-order chi connectivity index (χ0) is 26.3. The summed E-state index contributed by atoms with van der Waals surface area (Å²) in [6.07, 6.45) is 10.3. The standard InChI is InChI=1S/C29H41N3O4S.ClH/c1-3-29(33)32(22-23-7-5-4-6-8-23)26-17-19-31(20-18-26)21-24-9-13-27(14-10-24)36-28-15-11-25(12-16-28)30-37(2,34)35;/h9-16,23,26,30H,3-8,17-22H2,1-2H3;1H. The minimum Gasteiger partial charge on any atom is -0.457 e. The highest BCUT2D eigenvalue weighted by molar-refractivity contribution is 7.92. The molecule has 1 N–H and O–H groups in total. The third-order valence-corrected chi connectivity index (χ3v) is 8.13. The Morgan fingerprint density at radius 1 is 0.947 bits per heavy atom. The molecule has 0 atom stereocenters. The molecule has 38 heavy (non-hydrogen) atoms. The van der Waals surface area contributed by atoms with E-state index < -0.39 is 10.0 Å². The van der Waals surface area contributed by atoms with Gasteiger partial charge in [0, 0.05) is 44.3 Å². The van der Waals surface area contributed by atoms with Gasteiger partial charge in [-0.15, -0.1) is 12.4 Å². The monoisotopic (exact) mass is 563 g/mol. The lowest BCUT2D eigenvalue weighted by atomic mass is 9.88. The summed E-state index contributed by atoms with van der Waals surface area (Å²) in [6.45, 7) is 5.85. The Hall–Kier alpha value is -2.29. The quantitative estimate of drug-likeness (QED) is 0.380. The van der Waals surface area contributed by atoms with Crippen molar-refractivity contribution < 1.29 is 17.9 Å². The van der Waals surface area contributed by atoms with Gasteiger partial charge in [-0.2, -0.15) is 0 Å². The SMILES string of the molecule is CCC(=O)N(CC1CCCCC1)C1CCN(Cc2ccc(Oc3ccc(NS(C)(=O)=O)cc3)cc2)CC1.Cl. The summed E-state index contributed by atoms with van der Waals surface area (Å²) < 4.78 is 31.1. The molecule has 0 spiro atoms. The predicted octanol–water partition coefficient (Wildman–Crippen LogP) is 6.06. The number of benzene rings is 2. The number of carbonyl (C=O) groups is 1. The molecular formula is C29H42ClN3O4S. The highest BCUT2D eigenvalue weighted by Crippen LogP contribution is 2.28. The van der Waals surface area contributed by atoms with Crippen LogP contribution in [0.5, 0.6) is 11.5 Å². The van der Waals surface area contributed by atoms with Crippen molar-refractivity contribution in [3.05, 3.63) is 54.1 Å². The molecule has 1 heterocycles. The number of ether oxygens (including phenoxy) is 1. The zero-order valence-electron chi connectivity index (χ0n) is 22.6. The van der Waals surface area contributed by atoms with Crippen molar-refractivity contribution in [2.45, 2.75) is 70.9 Å². The van der Waals surface area contributed by atoms with Gasteiger partial charge < -0.3 is 9.64 Å². The van der Waals surface area contributed by atoms with Crippen molar-refractivity contribution in [1.29, 1.82) is 0 Å². The number of likely N-dealkylation sites (tertiary alicyclic amines) is 1. The van der Waals surface area contributed by atoms with Crippen LogP contribution in [0.2, 0.25) is 0 Å². The molecular weight excluding hydrogens is 522 g/mol. The summed E-state index contributed by atoms with van der Waals surface area (Å²) in [5, 5.41) is 0. The van der Waals surface area contributed by atoms with E-state index in [0.29, 0.717) is 35.7 Å². The Kier molecular flexibility index (Phi) is 11.3. The Morgan fingerprint density at radius 3 is 2.08 bits per heavy atom. The molecule has 1 saturated heterocycles. The second-order valence-corrected chi connectivity index (χ2v) is 12.3. The first-order valence-corrected chi connectivity index (χ1v) is 15.5. The summed E-state index contributed by atoms with van der Waals surface area (Å²) in [5.41, 5.74) is 1.74. The van der Waals surface area contributed by atoms with Crippen molar-refractivity contribution in [2.75, 3.05) is 30.6 Å². The lowest BCUT2D eigenvalue weighted by Gasteiger charge is -2.40. The van der Waals surface area contributed by atoms with E-state index in [1.54, 1.807) is 24.3 Å². The van der Waals surface area contributed by atoms with Crippen molar-refractivity contribution in [2.24, 2.45) is 5.92 Å². The molecule has 0 radical (unpaired) electrons. The smallest absolute Gasteiger partial charge is 0.229 e. The number of anilines is 1. The number of rotatable bonds is 10. The fraction of sp³-hybridized carbons (Fsp3) is 0.552. The molecule has 9 heteroatoms. The summed E-state index contributed by atoms with van der Waals surface area (Å²) in [5.74, 6) is 2.39. The van der Waals surface area contributed by atoms with E-state index in [0.717, 1.165) is 51.0 Å². The molecule has 1 saturated carbocycles. The van der Waals surface area contributed by atoms with Crippen molar-refractivity contribution in [1.82, 2.24) is 9.80 Å². The van der Waals surface area contributed by atoms with Crippen LogP contribution in [0.4, 0.5) is 5.69 Å². The molecule has 2 aromatic rings.